The van der Waals surface area contributed by atoms with Gasteiger partial charge in [0, 0.05) is 6.61 Å². The van der Waals surface area contributed by atoms with Gasteiger partial charge in [-0.2, -0.15) is 0 Å². The minimum Gasteiger partial charge on any atom is -0.494 e. The highest BCUT2D eigenvalue weighted by Crippen LogP contribution is 2.37. The number of allylic oxidation sites excluding steroid dienone is 2. The summed E-state index contributed by atoms with van der Waals surface area (Å²) in [4.78, 5) is 0. The van der Waals surface area contributed by atoms with Crippen molar-refractivity contribution < 1.29 is 14.6 Å². The summed E-state index contributed by atoms with van der Waals surface area (Å²) in [5.74, 6) is 2.74. The standard InChI is InChI=1S/C24H38O3/c1-2-26-24(25)19-9-4-3-6-13-21-15-12-16-22(21)14-10-11-20-27-23-17-7-5-8-18-23/h3,5-8,17-18,21-22,24-25H,2,4,9-16,19-20H2,1H3/b6-3-/t21-,22-,24?/m0/s1. The van der Waals surface area contributed by atoms with E-state index in [1.165, 1.54) is 38.5 Å². The number of aliphatic hydroxyl groups is 1. The van der Waals surface area contributed by atoms with Gasteiger partial charge >= 0.3 is 0 Å². The Balaban J connectivity index is 1.52. The van der Waals surface area contributed by atoms with Crippen LogP contribution in [0.4, 0.5) is 0 Å². The average Bonchev–Trinajstić information content (AvgIpc) is 3.12. The summed E-state index contributed by atoms with van der Waals surface area (Å²) < 4.78 is 10.9. The lowest BCUT2D eigenvalue weighted by Crippen LogP contribution is -2.10. The third-order valence-electron chi connectivity index (χ3n) is 5.58. The number of rotatable bonds is 14. The normalized spacial score (nSPS) is 21.0. The molecule has 3 nitrogen and oxygen atoms in total. The van der Waals surface area contributed by atoms with Gasteiger partial charge in [0.15, 0.2) is 6.29 Å². The molecule has 1 aliphatic carbocycles. The first kappa shape index (κ1) is 22.0. The number of benzene rings is 1. The second kappa shape index (κ2) is 13.8. The number of para-hydroxylation sites is 1. The van der Waals surface area contributed by atoms with E-state index in [0.717, 1.165) is 49.9 Å². The molecule has 0 aliphatic heterocycles. The maximum Gasteiger partial charge on any atom is 0.154 e. The molecule has 2 rings (SSSR count). The molecule has 3 atom stereocenters. The molecule has 0 radical (unpaired) electrons. The van der Waals surface area contributed by atoms with Crippen molar-refractivity contribution in [3.63, 3.8) is 0 Å². The molecule has 0 spiro atoms. The summed E-state index contributed by atoms with van der Waals surface area (Å²) in [6.07, 6.45) is 16.0. The fourth-order valence-corrected chi connectivity index (χ4v) is 4.09. The summed E-state index contributed by atoms with van der Waals surface area (Å²) in [6.45, 7) is 3.32. The van der Waals surface area contributed by atoms with Crippen LogP contribution in [0.1, 0.15) is 71.1 Å². The molecule has 1 N–H and O–H groups in total. The van der Waals surface area contributed by atoms with Gasteiger partial charge in [0.1, 0.15) is 5.75 Å². The molecule has 1 aromatic carbocycles. The Labute approximate surface area is 165 Å². The number of hydrogen-bond donors (Lipinski definition) is 1. The Morgan fingerprint density at radius 2 is 1.89 bits per heavy atom. The van der Waals surface area contributed by atoms with Gasteiger partial charge in [-0.25, -0.2) is 0 Å². The van der Waals surface area contributed by atoms with Crippen molar-refractivity contribution in [2.24, 2.45) is 11.8 Å². The summed E-state index contributed by atoms with van der Waals surface area (Å²) in [7, 11) is 0. The molecule has 1 fully saturated rings. The van der Waals surface area contributed by atoms with Gasteiger partial charge in [-0.05, 0) is 75.8 Å². The molecule has 27 heavy (non-hydrogen) atoms. The fraction of sp³-hybridized carbons (Fsp3) is 0.667. The Bertz CT molecular complexity index is 500. The van der Waals surface area contributed by atoms with Gasteiger partial charge in [0.05, 0.1) is 6.61 Å². The van der Waals surface area contributed by atoms with Crippen molar-refractivity contribution in [2.75, 3.05) is 13.2 Å². The molecular formula is C24H38O3. The SMILES string of the molecule is CCOC(O)CCC/C=C\C[C@H]1CCC[C@@H]1CCCCOc1ccccc1. The van der Waals surface area contributed by atoms with Crippen molar-refractivity contribution in [3.8, 4) is 5.75 Å². The molecule has 0 heterocycles. The van der Waals surface area contributed by atoms with Crippen molar-refractivity contribution in [2.45, 2.75) is 77.4 Å². The van der Waals surface area contributed by atoms with E-state index in [-0.39, 0.29) is 0 Å². The van der Waals surface area contributed by atoms with Crippen LogP contribution in [0.5, 0.6) is 5.75 Å². The van der Waals surface area contributed by atoms with E-state index < -0.39 is 6.29 Å². The lowest BCUT2D eigenvalue weighted by atomic mass is 9.88. The molecule has 0 bridgehead atoms. The van der Waals surface area contributed by atoms with Crippen molar-refractivity contribution in [1.82, 2.24) is 0 Å². The Morgan fingerprint density at radius 1 is 1.07 bits per heavy atom. The largest absolute Gasteiger partial charge is 0.494 e. The van der Waals surface area contributed by atoms with Gasteiger partial charge in [-0.15, -0.1) is 0 Å². The molecule has 0 amide bonds. The van der Waals surface area contributed by atoms with Gasteiger partial charge in [-0.1, -0.05) is 49.6 Å². The van der Waals surface area contributed by atoms with Crippen molar-refractivity contribution in [1.29, 1.82) is 0 Å². The highest BCUT2D eigenvalue weighted by atomic mass is 16.6. The maximum absolute atomic E-state index is 9.54. The van der Waals surface area contributed by atoms with Gasteiger partial charge in [0.2, 0.25) is 0 Å². The second-order valence-electron chi connectivity index (χ2n) is 7.66. The van der Waals surface area contributed by atoms with Crippen LogP contribution in [0.15, 0.2) is 42.5 Å². The highest BCUT2D eigenvalue weighted by molar-refractivity contribution is 5.20. The first-order valence-electron chi connectivity index (χ1n) is 10.9. The van der Waals surface area contributed by atoms with Crippen molar-refractivity contribution in [3.05, 3.63) is 42.5 Å². The number of aliphatic hydroxyl groups excluding tert-OH is 1. The van der Waals surface area contributed by atoms with Crippen LogP contribution >= 0.6 is 0 Å². The zero-order valence-corrected chi connectivity index (χ0v) is 17.0. The molecule has 1 aliphatic rings. The first-order chi connectivity index (χ1) is 13.3. The molecule has 1 unspecified atom stereocenters. The Hall–Kier alpha value is -1.32. The zero-order valence-electron chi connectivity index (χ0n) is 17.0. The van der Waals surface area contributed by atoms with Crippen LogP contribution < -0.4 is 4.74 Å². The van der Waals surface area contributed by atoms with E-state index in [4.69, 9.17) is 9.47 Å². The summed E-state index contributed by atoms with van der Waals surface area (Å²) in [5.41, 5.74) is 0. The summed E-state index contributed by atoms with van der Waals surface area (Å²) >= 11 is 0. The van der Waals surface area contributed by atoms with Crippen LogP contribution in [0, 0.1) is 11.8 Å². The van der Waals surface area contributed by atoms with Crippen LogP contribution in [0.2, 0.25) is 0 Å². The minimum atomic E-state index is -0.589. The topological polar surface area (TPSA) is 38.7 Å². The van der Waals surface area contributed by atoms with Crippen LogP contribution in [-0.4, -0.2) is 24.6 Å². The molecule has 0 saturated heterocycles. The number of hydrogen-bond acceptors (Lipinski definition) is 3. The summed E-state index contributed by atoms with van der Waals surface area (Å²) in [6, 6.07) is 10.1. The van der Waals surface area contributed by atoms with E-state index in [9.17, 15) is 5.11 Å². The van der Waals surface area contributed by atoms with Crippen LogP contribution in [0.3, 0.4) is 0 Å². The van der Waals surface area contributed by atoms with E-state index in [0.29, 0.717) is 6.61 Å². The second-order valence-corrected chi connectivity index (χ2v) is 7.66. The lowest BCUT2D eigenvalue weighted by Gasteiger charge is -2.18. The van der Waals surface area contributed by atoms with E-state index in [1.807, 2.05) is 37.3 Å². The lowest BCUT2D eigenvalue weighted by molar-refractivity contribution is -0.0990. The Kier molecular flexibility index (Phi) is 11.2. The molecule has 1 saturated carbocycles. The van der Waals surface area contributed by atoms with E-state index in [1.54, 1.807) is 0 Å². The molecule has 3 heteroatoms. The monoisotopic (exact) mass is 374 g/mol. The number of ether oxygens (including phenoxy) is 2. The molecular weight excluding hydrogens is 336 g/mol. The van der Waals surface area contributed by atoms with Crippen LogP contribution in [0.25, 0.3) is 0 Å². The molecule has 1 aromatic rings. The van der Waals surface area contributed by atoms with E-state index >= 15 is 0 Å². The third-order valence-corrected chi connectivity index (χ3v) is 5.58. The van der Waals surface area contributed by atoms with Crippen LogP contribution in [-0.2, 0) is 4.74 Å². The first-order valence-corrected chi connectivity index (χ1v) is 10.9. The predicted octanol–water partition coefficient (Wildman–Crippen LogP) is 6.12. The maximum atomic E-state index is 9.54. The quantitative estimate of drug-likeness (QED) is 0.242. The van der Waals surface area contributed by atoms with Crippen molar-refractivity contribution >= 4 is 0 Å². The average molecular weight is 375 g/mol. The van der Waals surface area contributed by atoms with Gasteiger partial charge in [0.25, 0.3) is 0 Å². The molecule has 152 valence electrons. The smallest absolute Gasteiger partial charge is 0.154 e. The zero-order chi connectivity index (χ0) is 19.2. The minimum absolute atomic E-state index is 0.582. The molecule has 0 aromatic heterocycles. The van der Waals surface area contributed by atoms with E-state index in [2.05, 4.69) is 12.2 Å². The van der Waals surface area contributed by atoms with Gasteiger partial charge < -0.3 is 14.6 Å². The summed E-state index contributed by atoms with van der Waals surface area (Å²) in [5, 5.41) is 9.54. The Morgan fingerprint density at radius 3 is 2.70 bits per heavy atom. The van der Waals surface area contributed by atoms with Gasteiger partial charge in [-0.3, -0.25) is 0 Å². The predicted molar refractivity (Wildman–Crippen MR) is 112 cm³/mol. The third kappa shape index (κ3) is 9.44. The number of unbranched alkanes of at least 4 members (excludes halogenated alkanes) is 2. The highest BCUT2D eigenvalue weighted by Gasteiger charge is 2.25. The fourth-order valence-electron chi connectivity index (χ4n) is 4.09.